The Bertz CT molecular complexity index is 291. The van der Waals surface area contributed by atoms with Gasteiger partial charge in [0, 0.05) is 0 Å². The maximum absolute atomic E-state index is 10.3. The summed E-state index contributed by atoms with van der Waals surface area (Å²) in [4.78, 5) is 9.91. The van der Waals surface area contributed by atoms with Crippen molar-refractivity contribution in [3.8, 4) is 0 Å². The van der Waals surface area contributed by atoms with Crippen LogP contribution in [0.5, 0.6) is 0 Å². The Balaban J connectivity index is 3.11. The minimum absolute atomic E-state index is 0.0813. The van der Waals surface area contributed by atoms with Crippen LogP contribution in [-0.2, 0) is 0 Å². The minimum atomic E-state index is -0.425. The summed E-state index contributed by atoms with van der Waals surface area (Å²) in [5.74, 6) is 0. The Morgan fingerprint density at radius 2 is 2.36 bits per heavy atom. The molecule has 60 valence electrons. The summed E-state index contributed by atoms with van der Waals surface area (Å²) in [6.45, 7) is 1.80. The zero-order chi connectivity index (χ0) is 8.43. The number of hydrogen-bond donors (Lipinski definition) is 1. The van der Waals surface area contributed by atoms with Crippen LogP contribution in [-0.4, -0.2) is 8.94 Å². The summed E-state index contributed by atoms with van der Waals surface area (Å²) in [6, 6.07) is 0. The molecular formula is C6H7IN2O2. The highest BCUT2D eigenvalue weighted by Gasteiger charge is 2.17. The fourth-order valence-corrected chi connectivity index (χ4v) is 2.60. The third-order valence-electron chi connectivity index (χ3n) is 1.29. The fraction of sp³-hybridized carbons (Fsp3) is 0.167. The van der Waals surface area contributed by atoms with Crippen LogP contribution in [0.1, 0.15) is 6.92 Å². The zero-order valence-corrected chi connectivity index (χ0v) is 8.03. The Hall–Kier alpha value is -0.720. The van der Waals surface area contributed by atoms with Crippen LogP contribution in [0.3, 0.4) is 0 Å². The monoisotopic (exact) mass is 266 g/mol. The summed E-state index contributed by atoms with van der Waals surface area (Å²) in [6.07, 6.45) is 0. The summed E-state index contributed by atoms with van der Waals surface area (Å²) in [7, 11) is 0. The van der Waals surface area contributed by atoms with E-state index >= 15 is 0 Å². The van der Waals surface area contributed by atoms with E-state index in [9.17, 15) is 10.1 Å². The van der Waals surface area contributed by atoms with E-state index in [4.69, 9.17) is 5.73 Å². The van der Waals surface area contributed by atoms with Crippen molar-refractivity contribution in [1.29, 1.82) is 0 Å². The van der Waals surface area contributed by atoms with Crippen LogP contribution in [0.2, 0.25) is 0 Å². The first kappa shape index (κ1) is 8.38. The lowest BCUT2D eigenvalue weighted by Crippen LogP contribution is -2.12. The smallest absolute Gasteiger partial charge is 0.298 e. The van der Waals surface area contributed by atoms with Crippen LogP contribution >= 0.6 is 20.7 Å². The molecule has 1 aliphatic heterocycles. The van der Waals surface area contributed by atoms with Gasteiger partial charge in [-0.1, -0.05) is 20.7 Å². The van der Waals surface area contributed by atoms with E-state index in [2.05, 4.69) is 0 Å². The average Bonchev–Trinajstić information content (AvgIpc) is 1.94. The largest absolute Gasteiger partial charge is 0.393 e. The molecule has 0 fully saturated rings. The lowest BCUT2D eigenvalue weighted by atomic mass is 10.2. The lowest BCUT2D eigenvalue weighted by Gasteiger charge is -2.03. The third-order valence-corrected chi connectivity index (χ3v) is 3.53. The van der Waals surface area contributed by atoms with Gasteiger partial charge in [-0.2, -0.15) is 0 Å². The SMILES string of the molecule is CC1=C(N)C([N+](=O)[O-])=CI=C1. The second-order valence-electron chi connectivity index (χ2n) is 2.08. The number of rotatable bonds is 1. The maximum Gasteiger partial charge on any atom is 0.298 e. The second kappa shape index (κ2) is 3.12. The van der Waals surface area contributed by atoms with Gasteiger partial charge in [0.15, 0.2) is 0 Å². The topological polar surface area (TPSA) is 69.2 Å². The lowest BCUT2D eigenvalue weighted by molar-refractivity contribution is -0.420. The molecule has 2 N–H and O–H groups in total. The van der Waals surface area contributed by atoms with Crippen molar-refractivity contribution < 1.29 is 4.92 Å². The average molecular weight is 266 g/mol. The third kappa shape index (κ3) is 1.65. The van der Waals surface area contributed by atoms with Crippen molar-refractivity contribution in [3.63, 3.8) is 0 Å². The van der Waals surface area contributed by atoms with Crippen LogP contribution in [0.25, 0.3) is 0 Å². The second-order valence-corrected chi connectivity index (χ2v) is 4.05. The summed E-state index contributed by atoms with van der Waals surface area (Å²) >= 11 is -0.293. The van der Waals surface area contributed by atoms with Gasteiger partial charge >= 0.3 is 0 Å². The number of allylic oxidation sites excluding steroid dienone is 1. The molecule has 0 spiro atoms. The molecule has 0 saturated carbocycles. The van der Waals surface area contributed by atoms with E-state index in [1.807, 2.05) is 4.01 Å². The van der Waals surface area contributed by atoms with Gasteiger partial charge in [-0.3, -0.25) is 10.1 Å². The fourth-order valence-electron chi connectivity index (χ4n) is 0.643. The molecule has 0 radical (unpaired) electrons. The van der Waals surface area contributed by atoms with Gasteiger partial charge in [0.1, 0.15) is 5.70 Å². The van der Waals surface area contributed by atoms with E-state index in [0.717, 1.165) is 5.57 Å². The molecular weight excluding hydrogens is 259 g/mol. The minimum Gasteiger partial charge on any atom is -0.393 e. The molecule has 0 aliphatic carbocycles. The number of nitro groups is 1. The highest BCUT2D eigenvalue weighted by Crippen LogP contribution is 2.19. The molecule has 11 heavy (non-hydrogen) atoms. The molecule has 0 amide bonds. The van der Waals surface area contributed by atoms with Crippen molar-refractivity contribution in [2.24, 2.45) is 5.73 Å². The predicted octanol–water partition coefficient (Wildman–Crippen LogP) is 1.12. The maximum atomic E-state index is 10.3. The van der Waals surface area contributed by atoms with Crippen LogP contribution in [0, 0.1) is 10.1 Å². The molecule has 1 rings (SSSR count). The quantitative estimate of drug-likeness (QED) is 0.439. The number of nitrogens with two attached hydrogens (primary N) is 1. The molecule has 4 nitrogen and oxygen atoms in total. The molecule has 0 aromatic rings. The van der Waals surface area contributed by atoms with Crippen LogP contribution < -0.4 is 5.73 Å². The predicted molar refractivity (Wildman–Crippen MR) is 52.0 cm³/mol. The molecule has 1 aliphatic rings. The van der Waals surface area contributed by atoms with Gasteiger partial charge in [-0.05, 0) is 16.5 Å². The Morgan fingerprint density at radius 1 is 1.73 bits per heavy atom. The summed E-state index contributed by atoms with van der Waals surface area (Å²) in [5.41, 5.74) is 6.71. The Labute approximate surface area is 73.7 Å². The normalized spacial score (nSPS) is 17.4. The Kier molecular flexibility index (Phi) is 2.38. The van der Waals surface area contributed by atoms with Crippen molar-refractivity contribution in [3.05, 3.63) is 31.2 Å². The highest BCUT2D eigenvalue weighted by atomic mass is 127. The number of halogens is 1. The number of hydrogen-bond acceptors (Lipinski definition) is 3. The summed E-state index contributed by atoms with van der Waals surface area (Å²) < 4.78 is 3.60. The van der Waals surface area contributed by atoms with Crippen LogP contribution in [0.4, 0.5) is 0 Å². The van der Waals surface area contributed by atoms with Gasteiger partial charge in [0.25, 0.3) is 5.70 Å². The van der Waals surface area contributed by atoms with Crippen molar-refractivity contribution in [2.45, 2.75) is 6.92 Å². The van der Waals surface area contributed by atoms with Gasteiger partial charge in [0.2, 0.25) is 0 Å². The van der Waals surface area contributed by atoms with Gasteiger partial charge < -0.3 is 5.73 Å². The van der Waals surface area contributed by atoms with Crippen molar-refractivity contribution >= 4 is 24.7 Å². The van der Waals surface area contributed by atoms with Crippen molar-refractivity contribution in [2.75, 3.05) is 0 Å². The van der Waals surface area contributed by atoms with Crippen molar-refractivity contribution in [1.82, 2.24) is 0 Å². The van der Waals surface area contributed by atoms with Crippen LogP contribution in [0.15, 0.2) is 21.0 Å². The first-order valence-corrected chi connectivity index (χ1v) is 5.38. The molecule has 0 bridgehead atoms. The zero-order valence-electron chi connectivity index (χ0n) is 5.87. The van der Waals surface area contributed by atoms with Gasteiger partial charge in [0.05, 0.1) is 9.01 Å². The molecule has 0 atom stereocenters. The number of nitrogens with zero attached hydrogens (tertiary/aromatic N) is 1. The summed E-state index contributed by atoms with van der Waals surface area (Å²) in [5, 5.41) is 10.3. The van der Waals surface area contributed by atoms with E-state index < -0.39 is 4.92 Å². The van der Waals surface area contributed by atoms with E-state index in [1.54, 1.807) is 11.0 Å². The molecule has 0 aromatic carbocycles. The first-order valence-electron chi connectivity index (χ1n) is 2.89. The van der Waals surface area contributed by atoms with E-state index in [-0.39, 0.29) is 26.4 Å². The molecule has 1 heterocycles. The molecule has 0 saturated heterocycles. The molecule has 0 aromatic heterocycles. The molecule has 5 heteroatoms. The highest BCUT2D eigenvalue weighted by molar-refractivity contribution is 14.2. The van der Waals surface area contributed by atoms with Gasteiger partial charge in [-0.25, -0.2) is 0 Å². The van der Waals surface area contributed by atoms with E-state index in [0.29, 0.717) is 5.70 Å². The standard InChI is InChI=1S/C6H7IN2O2/c1-4-2-7-3-5(6(4)8)9(10)11/h2-3H,8H2,1H3. The first-order chi connectivity index (χ1) is 5.13. The van der Waals surface area contributed by atoms with Gasteiger partial charge in [-0.15, -0.1) is 0 Å². The van der Waals surface area contributed by atoms with E-state index in [1.165, 1.54) is 0 Å². The molecule has 0 unspecified atom stereocenters. The Morgan fingerprint density at radius 3 is 2.82 bits per heavy atom.